The summed E-state index contributed by atoms with van der Waals surface area (Å²) in [7, 11) is 0. The molecular weight excluding hydrogens is 340 g/mol. The fourth-order valence-corrected chi connectivity index (χ4v) is 4.83. The van der Waals surface area contributed by atoms with Crippen molar-refractivity contribution in [2.75, 3.05) is 0 Å². The van der Waals surface area contributed by atoms with Crippen LogP contribution < -0.4 is 0 Å². The maximum absolute atomic E-state index is 10.3. The Kier molecular flexibility index (Phi) is 4.46. The first-order valence-electron chi connectivity index (χ1n) is 9.15. The molecule has 0 aromatic heterocycles. The summed E-state index contributed by atoms with van der Waals surface area (Å²) in [5.74, 6) is -2.52. The van der Waals surface area contributed by atoms with E-state index in [-0.39, 0.29) is 11.8 Å². The quantitative estimate of drug-likeness (QED) is 0.873. The normalized spacial score (nSPS) is 33.6. The minimum atomic E-state index is -1.84. The largest absolute Gasteiger partial charge is 0.447 e. The standard InChI is InChI=1S/C21H22N4O2/c1-4-14(5-2)17-20(11-22,12-23)21(13-24)16(15-9-7-6-8-10-15)19(3,26-17)27-18(21)25/h6-10,14,16-17,25H,4-5H2,1-3H3. The molecule has 0 amide bonds. The zero-order valence-electron chi connectivity index (χ0n) is 15.7. The molecule has 0 aliphatic carbocycles. The van der Waals surface area contributed by atoms with Gasteiger partial charge in [-0.3, -0.25) is 5.41 Å². The van der Waals surface area contributed by atoms with Crippen molar-refractivity contribution >= 4 is 5.90 Å². The molecule has 2 fully saturated rings. The molecule has 6 heteroatoms. The highest BCUT2D eigenvalue weighted by Gasteiger charge is 2.79. The summed E-state index contributed by atoms with van der Waals surface area (Å²) in [4.78, 5) is 0. The van der Waals surface area contributed by atoms with Crippen LogP contribution in [0.1, 0.15) is 45.1 Å². The lowest BCUT2D eigenvalue weighted by atomic mass is 9.51. The van der Waals surface area contributed by atoms with Gasteiger partial charge in [-0.15, -0.1) is 0 Å². The third-order valence-corrected chi connectivity index (χ3v) is 6.17. The maximum Gasteiger partial charge on any atom is 0.218 e. The Hall–Kier alpha value is -2.88. The van der Waals surface area contributed by atoms with E-state index in [0.717, 1.165) is 0 Å². The van der Waals surface area contributed by atoms with Crippen LogP contribution in [0.15, 0.2) is 30.3 Å². The van der Waals surface area contributed by atoms with E-state index in [1.807, 2.05) is 44.2 Å². The Bertz CT molecular complexity index is 860. The first kappa shape index (κ1) is 18.9. The van der Waals surface area contributed by atoms with Crippen molar-refractivity contribution in [1.82, 2.24) is 0 Å². The molecule has 2 saturated heterocycles. The zero-order chi connectivity index (χ0) is 19.9. The predicted octanol–water partition coefficient (Wildman–Crippen LogP) is 3.87. The lowest BCUT2D eigenvalue weighted by Gasteiger charge is -2.50. The van der Waals surface area contributed by atoms with Crippen LogP contribution in [0.25, 0.3) is 0 Å². The van der Waals surface area contributed by atoms with Gasteiger partial charge in [0.25, 0.3) is 0 Å². The molecule has 2 aliphatic heterocycles. The summed E-state index contributed by atoms with van der Waals surface area (Å²) in [6, 6.07) is 15.5. The Morgan fingerprint density at radius 1 is 1.07 bits per heavy atom. The molecule has 2 bridgehead atoms. The lowest BCUT2D eigenvalue weighted by molar-refractivity contribution is -0.263. The van der Waals surface area contributed by atoms with Crippen molar-refractivity contribution in [2.24, 2.45) is 16.7 Å². The van der Waals surface area contributed by atoms with E-state index in [9.17, 15) is 15.8 Å². The molecular formula is C21H22N4O2. The monoisotopic (exact) mass is 362 g/mol. The van der Waals surface area contributed by atoms with Crippen LogP contribution >= 0.6 is 0 Å². The highest BCUT2D eigenvalue weighted by atomic mass is 16.7. The van der Waals surface area contributed by atoms with Gasteiger partial charge in [0.1, 0.15) is 0 Å². The molecule has 1 aromatic carbocycles. The van der Waals surface area contributed by atoms with Crippen molar-refractivity contribution in [3.8, 4) is 18.2 Å². The molecule has 4 atom stereocenters. The fraction of sp³-hybridized carbons (Fsp3) is 0.524. The topological polar surface area (TPSA) is 114 Å². The number of nitriles is 3. The van der Waals surface area contributed by atoms with Gasteiger partial charge in [0.2, 0.25) is 11.7 Å². The van der Waals surface area contributed by atoms with Crippen LogP contribution in [0.5, 0.6) is 0 Å². The molecule has 27 heavy (non-hydrogen) atoms. The van der Waals surface area contributed by atoms with Gasteiger partial charge in [-0.1, -0.05) is 57.0 Å². The van der Waals surface area contributed by atoms with Gasteiger partial charge in [-0.05, 0) is 11.5 Å². The minimum Gasteiger partial charge on any atom is -0.447 e. The number of hydrogen-bond donors (Lipinski definition) is 1. The van der Waals surface area contributed by atoms with E-state index in [1.165, 1.54) is 0 Å². The number of nitrogens with one attached hydrogen (secondary N) is 1. The summed E-state index contributed by atoms with van der Waals surface area (Å²) in [5.41, 5.74) is -2.87. The van der Waals surface area contributed by atoms with Crippen LogP contribution in [0.4, 0.5) is 0 Å². The number of nitrogens with zero attached hydrogens (tertiary/aromatic N) is 3. The summed E-state index contributed by atoms with van der Waals surface area (Å²) < 4.78 is 12.1. The highest BCUT2D eigenvalue weighted by Crippen LogP contribution is 2.67. The summed E-state index contributed by atoms with van der Waals surface area (Å²) in [6.45, 7) is 5.64. The van der Waals surface area contributed by atoms with Crippen molar-refractivity contribution in [2.45, 2.75) is 51.4 Å². The average molecular weight is 362 g/mol. The van der Waals surface area contributed by atoms with E-state index in [4.69, 9.17) is 14.9 Å². The third kappa shape index (κ3) is 2.16. The number of rotatable bonds is 4. The maximum atomic E-state index is 10.3. The molecule has 0 radical (unpaired) electrons. The van der Waals surface area contributed by atoms with E-state index in [1.54, 1.807) is 6.92 Å². The average Bonchev–Trinajstić information content (AvgIpc) is 2.87. The molecule has 0 saturated carbocycles. The first-order chi connectivity index (χ1) is 12.9. The summed E-state index contributed by atoms with van der Waals surface area (Å²) >= 11 is 0. The first-order valence-corrected chi connectivity index (χ1v) is 9.15. The van der Waals surface area contributed by atoms with Crippen molar-refractivity contribution in [3.63, 3.8) is 0 Å². The molecule has 4 unspecified atom stereocenters. The molecule has 2 aliphatic rings. The SMILES string of the molecule is CCC(CC)C1OC2(C)OC(=N)C(C#N)(C2c2ccccc2)C1(C#N)C#N. The van der Waals surface area contributed by atoms with Crippen LogP contribution in [0.3, 0.4) is 0 Å². The van der Waals surface area contributed by atoms with Crippen LogP contribution in [-0.2, 0) is 9.47 Å². The summed E-state index contributed by atoms with van der Waals surface area (Å²) in [6.07, 6.45) is 0.551. The number of ether oxygens (including phenoxy) is 2. The third-order valence-electron chi connectivity index (χ3n) is 6.17. The van der Waals surface area contributed by atoms with Gasteiger partial charge in [-0.2, -0.15) is 15.8 Å². The smallest absolute Gasteiger partial charge is 0.218 e. The number of benzene rings is 1. The Morgan fingerprint density at radius 2 is 1.67 bits per heavy atom. The van der Waals surface area contributed by atoms with E-state index in [2.05, 4.69) is 18.2 Å². The molecule has 6 nitrogen and oxygen atoms in total. The van der Waals surface area contributed by atoms with Crippen LogP contribution in [0, 0.1) is 56.2 Å². The molecule has 1 aromatic rings. The zero-order valence-corrected chi connectivity index (χ0v) is 15.7. The lowest BCUT2D eigenvalue weighted by Crippen LogP contribution is -2.62. The van der Waals surface area contributed by atoms with Crippen molar-refractivity contribution in [1.29, 1.82) is 21.2 Å². The fourth-order valence-electron chi connectivity index (χ4n) is 4.83. The van der Waals surface area contributed by atoms with E-state index >= 15 is 0 Å². The minimum absolute atomic E-state index is 0.109. The Morgan fingerprint density at radius 3 is 2.15 bits per heavy atom. The summed E-state index contributed by atoms with van der Waals surface area (Å²) in [5, 5.41) is 39.2. The van der Waals surface area contributed by atoms with Crippen molar-refractivity contribution in [3.05, 3.63) is 35.9 Å². The number of hydrogen-bond acceptors (Lipinski definition) is 6. The number of fused-ring (bicyclic) bond motifs is 2. The van der Waals surface area contributed by atoms with Gasteiger partial charge < -0.3 is 9.47 Å². The van der Waals surface area contributed by atoms with Crippen molar-refractivity contribution < 1.29 is 9.47 Å². The van der Waals surface area contributed by atoms with E-state index in [0.29, 0.717) is 18.4 Å². The molecule has 0 spiro atoms. The van der Waals surface area contributed by atoms with Gasteiger partial charge >= 0.3 is 0 Å². The van der Waals surface area contributed by atoms with Gasteiger partial charge in [0.05, 0.1) is 30.2 Å². The predicted molar refractivity (Wildman–Crippen MR) is 97.0 cm³/mol. The van der Waals surface area contributed by atoms with Gasteiger partial charge in [-0.25, -0.2) is 0 Å². The second kappa shape index (κ2) is 6.38. The molecule has 1 N–H and O–H groups in total. The van der Waals surface area contributed by atoms with Gasteiger partial charge in [0, 0.05) is 6.92 Å². The van der Waals surface area contributed by atoms with Gasteiger partial charge in [0.15, 0.2) is 10.8 Å². The molecule has 2 heterocycles. The van der Waals surface area contributed by atoms with Crippen LogP contribution in [-0.4, -0.2) is 17.8 Å². The van der Waals surface area contributed by atoms with E-state index < -0.39 is 28.6 Å². The van der Waals surface area contributed by atoms with Crippen LogP contribution in [0.2, 0.25) is 0 Å². The molecule has 138 valence electrons. The second-order valence-corrected chi connectivity index (χ2v) is 7.36. The Labute approximate surface area is 159 Å². The Balaban J connectivity index is 2.35. The second-order valence-electron chi connectivity index (χ2n) is 7.36. The highest BCUT2D eigenvalue weighted by molar-refractivity contribution is 5.90. The molecule has 3 rings (SSSR count).